The van der Waals surface area contributed by atoms with Gasteiger partial charge in [0, 0.05) is 6.08 Å². The van der Waals surface area contributed by atoms with Gasteiger partial charge in [0.2, 0.25) is 0 Å². The van der Waals surface area contributed by atoms with E-state index in [1.165, 1.54) is 11.6 Å². The SMILES string of the molecule is C=CC#N.Cc1ccccc1. The standard InChI is InChI=1S/C7H8.C3H3N/c1-7-5-3-2-4-6-7;1-2-3-4/h2-6H,1H3;2H,1H2. The highest BCUT2D eigenvalue weighted by Crippen LogP contribution is 1.92. The number of rotatable bonds is 0. The van der Waals surface area contributed by atoms with Gasteiger partial charge in [0.1, 0.15) is 0 Å². The molecule has 0 unspecified atom stereocenters. The van der Waals surface area contributed by atoms with Gasteiger partial charge in [-0.1, -0.05) is 42.5 Å². The number of benzene rings is 1. The van der Waals surface area contributed by atoms with Crippen molar-refractivity contribution < 1.29 is 0 Å². The second kappa shape index (κ2) is 6.57. The van der Waals surface area contributed by atoms with Crippen LogP contribution in [0.5, 0.6) is 0 Å². The van der Waals surface area contributed by atoms with Gasteiger partial charge in [-0.3, -0.25) is 0 Å². The molecule has 0 N–H and O–H groups in total. The van der Waals surface area contributed by atoms with E-state index in [1.54, 1.807) is 6.07 Å². The van der Waals surface area contributed by atoms with Crippen molar-refractivity contribution in [3.8, 4) is 6.07 Å². The van der Waals surface area contributed by atoms with Crippen molar-refractivity contribution in [1.29, 1.82) is 5.26 Å². The van der Waals surface area contributed by atoms with Crippen LogP contribution in [0.3, 0.4) is 0 Å². The Morgan fingerprint density at radius 2 is 1.82 bits per heavy atom. The van der Waals surface area contributed by atoms with E-state index in [4.69, 9.17) is 5.26 Å². The van der Waals surface area contributed by atoms with Crippen LogP contribution in [0.4, 0.5) is 0 Å². The molecule has 0 bridgehead atoms. The van der Waals surface area contributed by atoms with Crippen LogP contribution >= 0.6 is 0 Å². The van der Waals surface area contributed by atoms with Gasteiger partial charge in [-0.25, -0.2) is 0 Å². The smallest absolute Gasteiger partial charge is 0.0905 e. The predicted molar refractivity (Wildman–Crippen MR) is 47.0 cm³/mol. The first-order valence-electron chi connectivity index (χ1n) is 3.33. The van der Waals surface area contributed by atoms with Gasteiger partial charge in [0.05, 0.1) is 6.07 Å². The number of nitriles is 1. The van der Waals surface area contributed by atoms with Gasteiger partial charge in [0.15, 0.2) is 0 Å². The lowest BCUT2D eigenvalue weighted by Gasteiger charge is -1.82. The summed E-state index contributed by atoms with van der Waals surface area (Å²) in [4.78, 5) is 0. The maximum atomic E-state index is 7.51. The van der Waals surface area contributed by atoms with E-state index in [9.17, 15) is 0 Å². The fraction of sp³-hybridized carbons (Fsp3) is 0.100. The maximum absolute atomic E-state index is 7.51. The minimum Gasteiger partial charge on any atom is -0.193 e. The van der Waals surface area contributed by atoms with Crippen LogP contribution < -0.4 is 0 Å². The Morgan fingerprint density at radius 1 is 1.36 bits per heavy atom. The summed E-state index contributed by atoms with van der Waals surface area (Å²) in [6, 6.07) is 12.0. The number of hydrogen-bond acceptors (Lipinski definition) is 1. The Hall–Kier alpha value is -1.55. The van der Waals surface area contributed by atoms with Crippen LogP contribution in [0.15, 0.2) is 43.0 Å². The van der Waals surface area contributed by atoms with Crippen molar-refractivity contribution in [2.24, 2.45) is 0 Å². The van der Waals surface area contributed by atoms with Gasteiger partial charge in [-0.05, 0) is 6.92 Å². The molecule has 0 aliphatic carbocycles. The Morgan fingerprint density at radius 3 is 2.00 bits per heavy atom. The molecule has 0 saturated carbocycles. The molecule has 0 heterocycles. The van der Waals surface area contributed by atoms with Crippen molar-refractivity contribution in [3.05, 3.63) is 48.6 Å². The summed E-state index contributed by atoms with van der Waals surface area (Å²) in [5.41, 5.74) is 1.32. The van der Waals surface area contributed by atoms with Gasteiger partial charge in [-0.15, -0.1) is 0 Å². The molecular formula is C10H11N. The summed E-state index contributed by atoms with van der Waals surface area (Å²) in [6.07, 6.45) is 1.18. The fourth-order valence-corrected chi connectivity index (χ4v) is 0.534. The molecule has 0 radical (unpaired) electrons. The quantitative estimate of drug-likeness (QED) is 0.515. The molecule has 1 aromatic carbocycles. The lowest BCUT2D eigenvalue weighted by molar-refractivity contribution is 1.48. The molecule has 0 amide bonds. The Kier molecular flexibility index (Phi) is 5.64. The highest BCUT2D eigenvalue weighted by Gasteiger charge is 1.72. The summed E-state index contributed by atoms with van der Waals surface area (Å²) >= 11 is 0. The average Bonchev–Trinajstić information content (AvgIpc) is 2.07. The normalized spacial score (nSPS) is 6.91. The van der Waals surface area contributed by atoms with Gasteiger partial charge in [-0.2, -0.15) is 5.26 Å². The first kappa shape index (κ1) is 9.45. The zero-order valence-electron chi connectivity index (χ0n) is 6.62. The van der Waals surface area contributed by atoms with E-state index < -0.39 is 0 Å². The van der Waals surface area contributed by atoms with Crippen LogP contribution in [0, 0.1) is 18.3 Å². The Balaban J connectivity index is 0.000000218. The predicted octanol–water partition coefficient (Wildman–Crippen LogP) is 2.69. The molecule has 0 aromatic heterocycles. The molecule has 0 spiro atoms. The molecule has 0 aliphatic rings. The van der Waals surface area contributed by atoms with Crippen LogP contribution in [-0.2, 0) is 0 Å². The molecule has 0 aliphatic heterocycles. The first-order chi connectivity index (χ1) is 5.31. The van der Waals surface area contributed by atoms with E-state index in [0.717, 1.165) is 0 Å². The summed E-state index contributed by atoms with van der Waals surface area (Å²) in [5, 5.41) is 7.51. The van der Waals surface area contributed by atoms with Gasteiger partial charge < -0.3 is 0 Å². The van der Waals surface area contributed by atoms with Crippen LogP contribution in [0.2, 0.25) is 0 Å². The summed E-state index contributed by atoms with van der Waals surface area (Å²) < 4.78 is 0. The second-order valence-electron chi connectivity index (χ2n) is 1.99. The summed E-state index contributed by atoms with van der Waals surface area (Å²) in [7, 11) is 0. The van der Waals surface area contributed by atoms with E-state index >= 15 is 0 Å². The summed E-state index contributed by atoms with van der Waals surface area (Å²) in [5.74, 6) is 0. The molecule has 1 aromatic rings. The van der Waals surface area contributed by atoms with E-state index in [-0.39, 0.29) is 0 Å². The van der Waals surface area contributed by atoms with Crippen molar-refractivity contribution >= 4 is 0 Å². The Labute approximate surface area is 67.6 Å². The van der Waals surface area contributed by atoms with Crippen LogP contribution in [0.1, 0.15) is 5.56 Å². The van der Waals surface area contributed by atoms with Crippen molar-refractivity contribution in [2.75, 3.05) is 0 Å². The van der Waals surface area contributed by atoms with Crippen molar-refractivity contribution in [2.45, 2.75) is 6.92 Å². The molecule has 56 valence electrons. The number of nitrogens with zero attached hydrogens (tertiary/aromatic N) is 1. The summed E-state index contributed by atoms with van der Waals surface area (Å²) in [6.45, 7) is 5.20. The lowest BCUT2D eigenvalue weighted by Crippen LogP contribution is -1.62. The minimum atomic E-state index is 1.18. The molecule has 11 heavy (non-hydrogen) atoms. The molecule has 1 heteroatoms. The lowest BCUT2D eigenvalue weighted by atomic mass is 10.2. The number of hydrogen-bond donors (Lipinski definition) is 0. The Bertz CT molecular complexity index is 231. The van der Waals surface area contributed by atoms with E-state index in [0.29, 0.717) is 0 Å². The van der Waals surface area contributed by atoms with Gasteiger partial charge in [0.25, 0.3) is 0 Å². The van der Waals surface area contributed by atoms with E-state index in [2.05, 4.69) is 25.6 Å². The molecule has 1 rings (SSSR count). The molecule has 1 nitrogen and oxygen atoms in total. The largest absolute Gasteiger partial charge is 0.193 e. The third kappa shape index (κ3) is 6.33. The molecule has 0 atom stereocenters. The highest BCUT2D eigenvalue weighted by atomic mass is 14.2. The zero-order valence-corrected chi connectivity index (χ0v) is 6.62. The first-order valence-corrected chi connectivity index (χ1v) is 3.33. The number of allylic oxidation sites excluding steroid dienone is 1. The minimum absolute atomic E-state index is 1.18. The second-order valence-corrected chi connectivity index (χ2v) is 1.99. The number of aryl methyl sites for hydroxylation is 1. The van der Waals surface area contributed by atoms with E-state index in [1.807, 2.05) is 18.2 Å². The van der Waals surface area contributed by atoms with Crippen LogP contribution in [0.25, 0.3) is 0 Å². The topological polar surface area (TPSA) is 23.8 Å². The van der Waals surface area contributed by atoms with Gasteiger partial charge >= 0.3 is 0 Å². The zero-order chi connectivity index (χ0) is 8.53. The molecule has 0 fully saturated rings. The van der Waals surface area contributed by atoms with Crippen LogP contribution in [-0.4, -0.2) is 0 Å². The monoisotopic (exact) mass is 145 g/mol. The fourth-order valence-electron chi connectivity index (χ4n) is 0.534. The average molecular weight is 145 g/mol. The molecule has 0 saturated heterocycles. The third-order valence-corrected chi connectivity index (χ3v) is 1.03. The third-order valence-electron chi connectivity index (χ3n) is 1.03. The maximum Gasteiger partial charge on any atom is 0.0905 e. The van der Waals surface area contributed by atoms with Crippen molar-refractivity contribution in [1.82, 2.24) is 0 Å². The highest BCUT2D eigenvalue weighted by molar-refractivity contribution is 5.11. The van der Waals surface area contributed by atoms with Crippen molar-refractivity contribution in [3.63, 3.8) is 0 Å². The molecular weight excluding hydrogens is 134 g/mol.